The first-order chi connectivity index (χ1) is 13.9. The Labute approximate surface area is 169 Å². The Morgan fingerprint density at radius 1 is 1.07 bits per heavy atom. The Morgan fingerprint density at radius 2 is 1.83 bits per heavy atom. The highest BCUT2D eigenvalue weighted by Crippen LogP contribution is 2.22. The number of carbonyl (C=O) groups is 1. The van der Waals surface area contributed by atoms with Crippen molar-refractivity contribution >= 4 is 33.1 Å². The maximum Gasteiger partial charge on any atom is 0.337 e. The molecule has 0 saturated heterocycles. The first-order valence-corrected chi connectivity index (χ1v) is 9.66. The normalized spacial score (nSPS) is 10.9. The minimum absolute atomic E-state index is 0.0221. The third-order valence-electron chi connectivity index (χ3n) is 4.38. The lowest BCUT2D eigenvalue weighted by Crippen LogP contribution is -2.40. The number of benzene rings is 2. The fourth-order valence-corrected chi connectivity index (χ4v) is 4.13. The van der Waals surface area contributed by atoms with Gasteiger partial charge in [0.15, 0.2) is 0 Å². The van der Waals surface area contributed by atoms with Crippen LogP contribution in [-0.2, 0) is 11.3 Å². The number of hydrogen-bond donors (Lipinski definition) is 2. The molecule has 0 atom stereocenters. The van der Waals surface area contributed by atoms with E-state index >= 15 is 0 Å². The Morgan fingerprint density at radius 3 is 2.55 bits per heavy atom. The molecular formula is C21H17N3O4S. The summed E-state index contributed by atoms with van der Waals surface area (Å²) in [5.74, 6) is -0.419. The molecule has 2 aromatic carbocycles. The van der Waals surface area contributed by atoms with Crippen LogP contribution >= 0.6 is 11.3 Å². The van der Waals surface area contributed by atoms with E-state index in [0.717, 1.165) is 9.44 Å². The minimum Gasteiger partial charge on any atom is -0.508 e. The summed E-state index contributed by atoms with van der Waals surface area (Å²) < 4.78 is 2.38. The number of amides is 1. The van der Waals surface area contributed by atoms with Crippen LogP contribution in [0.2, 0.25) is 0 Å². The maximum absolute atomic E-state index is 13.2. The van der Waals surface area contributed by atoms with E-state index in [-0.39, 0.29) is 12.3 Å². The van der Waals surface area contributed by atoms with Gasteiger partial charge in [0.2, 0.25) is 5.91 Å². The van der Waals surface area contributed by atoms with E-state index < -0.39 is 17.2 Å². The van der Waals surface area contributed by atoms with E-state index in [1.54, 1.807) is 48.5 Å². The Bertz CT molecular complexity index is 1340. The number of aryl methyl sites for hydroxylation is 1. The van der Waals surface area contributed by atoms with Crippen molar-refractivity contribution in [2.24, 2.45) is 0 Å². The highest BCUT2D eigenvalue weighted by atomic mass is 32.1. The number of phenols is 1. The number of aromatic hydroxyl groups is 1. The molecule has 0 aliphatic carbocycles. The summed E-state index contributed by atoms with van der Waals surface area (Å²) in [4.78, 5) is 40.0. The third-order valence-corrected chi connectivity index (χ3v) is 5.46. The fraction of sp³-hybridized carbons (Fsp3) is 0.0952. The number of hydrogen-bond acceptors (Lipinski definition) is 5. The second-order valence-electron chi connectivity index (χ2n) is 6.52. The standard InChI is InChI=1S/C21H17N3O4S/c1-13-10-17-19(27)24(15-7-3-2-4-8-15)21(28)23(20(17)29-13)12-18(26)22-14-6-5-9-16(25)11-14/h2-11,25H,12H2,1H3,(H,22,26). The van der Waals surface area contributed by atoms with Gasteiger partial charge in [-0.05, 0) is 37.3 Å². The molecule has 2 aromatic heterocycles. The van der Waals surface area contributed by atoms with Gasteiger partial charge in [0.25, 0.3) is 5.56 Å². The molecule has 0 bridgehead atoms. The summed E-state index contributed by atoms with van der Waals surface area (Å²) in [5, 5.41) is 12.6. The molecule has 146 valence electrons. The molecule has 0 fully saturated rings. The van der Waals surface area contributed by atoms with Crippen LogP contribution in [0.1, 0.15) is 4.88 Å². The van der Waals surface area contributed by atoms with Crippen molar-refractivity contribution in [2.75, 3.05) is 5.32 Å². The molecule has 0 radical (unpaired) electrons. The van der Waals surface area contributed by atoms with Crippen LogP contribution in [0.15, 0.2) is 70.3 Å². The van der Waals surface area contributed by atoms with Crippen molar-refractivity contribution in [2.45, 2.75) is 13.5 Å². The van der Waals surface area contributed by atoms with Crippen molar-refractivity contribution < 1.29 is 9.90 Å². The topological polar surface area (TPSA) is 93.3 Å². The van der Waals surface area contributed by atoms with Crippen molar-refractivity contribution in [1.29, 1.82) is 0 Å². The molecule has 1 amide bonds. The number of phenolic OH excluding ortho intramolecular Hbond substituents is 1. The maximum atomic E-state index is 13.2. The fourth-order valence-electron chi connectivity index (χ4n) is 3.14. The lowest BCUT2D eigenvalue weighted by Gasteiger charge is -2.12. The van der Waals surface area contributed by atoms with Gasteiger partial charge in [-0.25, -0.2) is 9.36 Å². The van der Waals surface area contributed by atoms with E-state index in [0.29, 0.717) is 21.6 Å². The molecule has 8 heteroatoms. The largest absolute Gasteiger partial charge is 0.508 e. The molecule has 7 nitrogen and oxygen atoms in total. The van der Waals surface area contributed by atoms with Crippen LogP contribution in [0.4, 0.5) is 5.69 Å². The van der Waals surface area contributed by atoms with E-state index in [4.69, 9.17) is 0 Å². The molecule has 29 heavy (non-hydrogen) atoms. The van der Waals surface area contributed by atoms with Crippen molar-refractivity contribution in [3.8, 4) is 11.4 Å². The Hall–Kier alpha value is -3.65. The number of nitrogens with one attached hydrogen (secondary N) is 1. The van der Waals surface area contributed by atoms with Crippen LogP contribution in [0.5, 0.6) is 5.75 Å². The molecule has 4 rings (SSSR count). The molecule has 0 aliphatic heterocycles. The molecule has 0 aliphatic rings. The van der Waals surface area contributed by atoms with E-state index in [9.17, 15) is 19.5 Å². The molecule has 4 aromatic rings. The van der Waals surface area contributed by atoms with Gasteiger partial charge in [0, 0.05) is 16.6 Å². The summed E-state index contributed by atoms with van der Waals surface area (Å²) in [5.41, 5.74) is -0.139. The predicted molar refractivity (Wildman–Crippen MR) is 113 cm³/mol. The second kappa shape index (κ2) is 7.40. The summed E-state index contributed by atoms with van der Waals surface area (Å²) >= 11 is 1.29. The van der Waals surface area contributed by atoms with Gasteiger partial charge < -0.3 is 10.4 Å². The number of para-hydroxylation sites is 1. The number of aromatic nitrogens is 2. The third kappa shape index (κ3) is 3.57. The molecule has 0 saturated carbocycles. The van der Waals surface area contributed by atoms with Crippen LogP contribution in [0, 0.1) is 6.92 Å². The molecule has 0 unspecified atom stereocenters. The van der Waals surface area contributed by atoms with Gasteiger partial charge in [-0.1, -0.05) is 24.3 Å². The van der Waals surface area contributed by atoms with Crippen molar-refractivity contribution in [1.82, 2.24) is 9.13 Å². The van der Waals surface area contributed by atoms with Crippen LogP contribution < -0.4 is 16.6 Å². The lowest BCUT2D eigenvalue weighted by atomic mass is 10.3. The highest BCUT2D eigenvalue weighted by Gasteiger charge is 2.18. The number of fused-ring (bicyclic) bond motifs is 1. The Balaban J connectivity index is 1.82. The van der Waals surface area contributed by atoms with E-state index in [1.165, 1.54) is 28.0 Å². The zero-order chi connectivity index (χ0) is 20.5. The quantitative estimate of drug-likeness (QED) is 0.544. The van der Waals surface area contributed by atoms with Crippen LogP contribution in [-0.4, -0.2) is 20.1 Å². The summed E-state index contributed by atoms with van der Waals surface area (Å²) in [7, 11) is 0. The highest BCUT2D eigenvalue weighted by molar-refractivity contribution is 7.18. The average molecular weight is 407 g/mol. The first-order valence-electron chi connectivity index (χ1n) is 8.84. The van der Waals surface area contributed by atoms with Crippen molar-refractivity contribution in [3.05, 3.63) is 86.4 Å². The lowest BCUT2D eigenvalue weighted by molar-refractivity contribution is -0.116. The summed E-state index contributed by atoms with van der Waals surface area (Å²) in [6.45, 7) is 1.58. The molecule has 0 spiro atoms. The minimum atomic E-state index is -0.582. The van der Waals surface area contributed by atoms with Gasteiger partial charge in [-0.2, -0.15) is 0 Å². The van der Waals surface area contributed by atoms with Crippen LogP contribution in [0.3, 0.4) is 0 Å². The Kier molecular flexibility index (Phi) is 4.77. The zero-order valence-corrected chi connectivity index (χ0v) is 16.3. The van der Waals surface area contributed by atoms with Gasteiger partial charge in [-0.15, -0.1) is 11.3 Å². The van der Waals surface area contributed by atoms with E-state index in [2.05, 4.69) is 5.32 Å². The van der Waals surface area contributed by atoms with Crippen molar-refractivity contribution in [3.63, 3.8) is 0 Å². The van der Waals surface area contributed by atoms with E-state index in [1.807, 2.05) is 6.92 Å². The van der Waals surface area contributed by atoms with Crippen LogP contribution in [0.25, 0.3) is 15.9 Å². The van der Waals surface area contributed by atoms with Gasteiger partial charge in [0.1, 0.15) is 17.1 Å². The SMILES string of the molecule is Cc1cc2c(=O)n(-c3ccccc3)c(=O)n(CC(=O)Nc3cccc(O)c3)c2s1. The molecular weight excluding hydrogens is 390 g/mol. The summed E-state index contributed by atoms with van der Waals surface area (Å²) in [6, 6.07) is 16.5. The number of carbonyl (C=O) groups excluding carboxylic acids is 1. The number of rotatable bonds is 4. The summed E-state index contributed by atoms with van der Waals surface area (Å²) in [6.07, 6.45) is 0. The zero-order valence-electron chi connectivity index (χ0n) is 15.5. The number of thiophene rings is 1. The van der Waals surface area contributed by atoms with Gasteiger partial charge >= 0.3 is 5.69 Å². The first kappa shape index (κ1) is 18.7. The molecule has 2 heterocycles. The smallest absolute Gasteiger partial charge is 0.337 e. The van der Waals surface area contributed by atoms with Gasteiger partial charge in [-0.3, -0.25) is 14.2 Å². The second-order valence-corrected chi connectivity index (χ2v) is 7.75. The molecule has 2 N–H and O–H groups in total. The number of anilines is 1. The number of nitrogens with zero attached hydrogens (tertiary/aromatic N) is 2. The van der Waals surface area contributed by atoms with Gasteiger partial charge in [0.05, 0.1) is 11.1 Å². The average Bonchev–Trinajstić information content (AvgIpc) is 3.08. The predicted octanol–water partition coefficient (Wildman–Crippen LogP) is 2.87. The monoisotopic (exact) mass is 407 g/mol.